The minimum Gasteiger partial charge on any atom is -0.402 e. The van der Waals surface area contributed by atoms with Gasteiger partial charge in [-0.2, -0.15) is 13.2 Å². The lowest BCUT2D eigenvalue weighted by Crippen LogP contribution is -2.51. The summed E-state index contributed by atoms with van der Waals surface area (Å²) in [6.07, 6.45) is -4.51. The second-order valence-electron chi connectivity index (χ2n) is 4.69. The van der Waals surface area contributed by atoms with Crippen molar-refractivity contribution in [2.75, 3.05) is 0 Å². The van der Waals surface area contributed by atoms with Crippen LogP contribution in [0.1, 0.15) is 27.7 Å². The molecule has 1 aliphatic rings. The largest absolute Gasteiger partial charge is 0.485 e. The molecule has 0 saturated carbocycles. The lowest BCUT2D eigenvalue weighted by Gasteiger charge is -2.32. The molecule has 0 aliphatic carbocycles. The van der Waals surface area contributed by atoms with Gasteiger partial charge in [0.1, 0.15) is 5.94 Å². The summed E-state index contributed by atoms with van der Waals surface area (Å²) in [4.78, 5) is 0. The van der Waals surface area contributed by atoms with Crippen molar-refractivity contribution in [1.29, 1.82) is 0 Å². The molecule has 0 amide bonds. The van der Waals surface area contributed by atoms with Crippen LogP contribution in [0.4, 0.5) is 13.2 Å². The Bertz CT molecular complexity index is 239. The Kier molecular flexibility index (Phi) is 2.87. The molecule has 1 saturated heterocycles. The Morgan fingerprint density at radius 2 is 1.40 bits per heavy atom. The molecule has 7 heteroatoms. The first-order valence-electron chi connectivity index (χ1n) is 4.65. The fourth-order valence-corrected chi connectivity index (χ4v) is 1.19. The van der Waals surface area contributed by atoms with Crippen molar-refractivity contribution in [2.24, 2.45) is 5.73 Å². The van der Waals surface area contributed by atoms with E-state index in [1.54, 1.807) is 27.7 Å². The van der Waals surface area contributed by atoms with Crippen LogP contribution >= 0.6 is 0 Å². The predicted molar refractivity (Wildman–Crippen MR) is 50.1 cm³/mol. The highest BCUT2D eigenvalue weighted by atomic mass is 19.4. The average molecular weight is 225 g/mol. The summed E-state index contributed by atoms with van der Waals surface area (Å²) in [7, 11) is -1.44. The first-order valence-corrected chi connectivity index (χ1v) is 4.65. The van der Waals surface area contributed by atoms with Crippen LogP contribution in [-0.2, 0) is 9.31 Å². The van der Waals surface area contributed by atoms with Gasteiger partial charge in [0.05, 0.1) is 11.2 Å². The van der Waals surface area contributed by atoms with Crippen LogP contribution < -0.4 is 5.73 Å². The van der Waals surface area contributed by atoms with Crippen molar-refractivity contribution in [3.05, 3.63) is 0 Å². The van der Waals surface area contributed by atoms with E-state index in [0.717, 1.165) is 0 Å². The molecule has 3 nitrogen and oxygen atoms in total. The average Bonchev–Trinajstić information content (AvgIpc) is 2.18. The summed E-state index contributed by atoms with van der Waals surface area (Å²) in [5, 5.41) is 0. The molecule has 15 heavy (non-hydrogen) atoms. The van der Waals surface area contributed by atoms with E-state index in [1.165, 1.54) is 0 Å². The second-order valence-corrected chi connectivity index (χ2v) is 4.69. The smallest absolute Gasteiger partial charge is 0.402 e. The maximum atomic E-state index is 12.3. The van der Waals surface area contributed by atoms with Gasteiger partial charge in [0.2, 0.25) is 0 Å². The number of hydrogen-bond acceptors (Lipinski definition) is 3. The van der Waals surface area contributed by atoms with Gasteiger partial charge in [0.25, 0.3) is 0 Å². The van der Waals surface area contributed by atoms with Crippen LogP contribution in [0.2, 0.25) is 0 Å². The van der Waals surface area contributed by atoms with Gasteiger partial charge < -0.3 is 15.0 Å². The molecule has 1 atom stereocenters. The van der Waals surface area contributed by atoms with Crippen molar-refractivity contribution >= 4 is 7.12 Å². The lowest BCUT2D eigenvalue weighted by atomic mass is 9.78. The van der Waals surface area contributed by atoms with Crippen LogP contribution in [0.5, 0.6) is 0 Å². The molecule has 0 aromatic heterocycles. The van der Waals surface area contributed by atoms with Gasteiger partial charge in [0.15, 0.2) is 0 Å². The van der Waals surface area contributed by atoms with E-state index in [-0.39, 0.29) is 0 Å². The minimum absolute atomic E-state index is 0.791. The third-order valence-corrected chi connectivity index (χ3v) is 2.94. The van der Waals surface area contributed by atoms with E-state index in [4.69, 9.17) is 15.0 Å². The highest BCUT2D eigenvalue weighted by molar-refractivity contribution is 6.47. The molecule has 0 bridgehead atoms. The maximum Gasteiger partial charge on any atom is 0.485 e. The van der Waals surface area contributed by atoms with Gasteiger partial charge in [-0.05, 0) is 27.7 Å². The van der Waals surface area contributed by atoms with Crippen molar-refractivity contribution in [2.45, 2.75) is 51.0 Å². The van der Waals surface area contributed by atoms with Crippen molar-refractivity contribution in [1.82, 2.24) is 0 Å². The number of hydrogen-bond donors (Lipinski definition) is 1. The summed E-state index contributed by atoms with van der Waals surface area (Å²) in [6, 6.07) is 0. The van der Waals surface area contributed by atoms with Crippen molar-refractivity contribution in [3.63, 3.8) is 0 Å². The van der Waals surface area contributed by atoms with Gasteiger partial charge >= 0.3 is 13.3 Å². The highest BCUT2D eigenvalue weighted by Crippen LogP contribution is 2.39. The number of alkyl halides is 3. The zero-order valence-electron chi connectivity index (χ0n) is 9.18. The Morgan fingerprint density at radius 1 is 1.07 bits per heavy atom. The molecule has 0 aromatic carbocycles. The van der Waals surface area contributed by atoms with E-state index in [1.807, 2.05) is 0 Å². The summed E-state index contributed by atoms with van der Waals surface area (Å²) in [5.74, 6) is -2.11. The Labute approximate surface area is 87.2 Å². The van der Waals surface area contributed by atoms with Crippen LogP contribution in [0.3, 0.4) is 0 Å². The summed E-state index contributed by atoms with van der Waals surface area (Å²) >= 11 is 0. The van der Waals surface area contributed by atoms with E-state index in [2.05, 4.69) is 0 Å². The second kappa shape index (κ2) is 3.36. The van der Waals surface area contributed by atoms with Crippen LogP contribution in [0, 0.1) is 0 Å². The number of nitrogens with two attached hydrogens (primary N) is 1. The fraction of sp³-hybridized carbons (Fsp3) is 1.00. The van der Waals surface area contributed by atoms with E-state index in [9.17, 15) is 13.2 Å². The number of rotatable bonds is 1. The van der Waals surface area contributed by atoms with Gasteiger partial charge in [-0.3, -0.25) is 0 Å². The fourth-order valence-electron chi connectivity index (χ4n) is 1.19. The third kappa shape index (κ3) is 2.29. The standard InChI is InChI=1S/C8H15BF3NO2/c1-6(2)7(3,4)15-9(14-6)5(13)8(10,11)12/h5H,13H2,1-4H3/t5-/m0/s1. The molecule has 1 rings (SSSR count). The Balaban J connectivity index is 2.80. The van der Waals surface area contributed by atoms with Crippen LogP contribution in [-0.4, -0.2) is 30.4 Å². The molecule has 1 fully saturated rings. The Morgan fingerprint density at radius 3 is 1.67 bits per heavy atom. The Hall–Kier alpha value is -0.265. The molecule has 0 aromatic rings. The monoisotopic (exact) mass is 225 g/mol. The van der Waals surface area contributed by atoms with Gasteiger partial charge in [0, 0.05) is 0 Å². The molecule has 1 heterocycles. The van der Waals surface area contributed by atoms with Crippen LogP contribution in [0.25, 0.3) is 0 Å². The third-order valence-electron chi connectivity index (χ3n) is 2.94. The zero-order chi connectivity index (χ0) is 12.1. The quantitative estimate of drug-likeness (QED) is 0.688. The van der Waals surface area contributed by atoms with E-state index < -0.39 is 30.4 Å². The van der Waals surface area contributed by atoms with Gasteiger partial charge in [-0.25, -0.2) is 0 Å². The SMILES string of the molecule is CC1(C)OB([C@@H](N)C(F)(F)F)OC1(C)C. The first kappa shape index (κ1) is 12.8. The van der Waals surface area contributed by atoms with E-state index in [0.29, 0.717) is 0 Å². The first-order chi connectivity index (χ1) is 6.47. The number of halogens is 3. The highest BCUT2D eigenvalue weighted by Gasteiger charge is 2.58. The van der Waals surface area contributed by atoms with Gasteiger partial charge in [-0.15, -0.1) is 0 Å². The van der Waals surface area contributed by atoms with E-state index >= 15 is 0 Å². The summed E-state index contributed by atoms with van der Waals surface area (Å²) < 4.78 is 47.3. The van der Waals surface area contributed by atoms with Crippen LogP contribution in [0.15, 0.2) is 0 Å². The molecule has 2 N–H and O–H groups in total. The molecule has 88 valence electrons. The topological polar surface area (TPSA) is 44.5 Å². The molecule has 1 aliphatic heterocycles. The minimum atomic E-state index is -4.51. The van der Waals surface area contributed by atoms with Crippen molar-refractivity contribution < 1.29 is 22.5 Å². The summed E-state index contributed by atoms with van der Waals surface area (Å²) in [5.41, 5.74) is 3.44. The summed E-state index contributed by atoms with van der Waals surface area (Å²) in [6.45, 7) is 6.71. The van der Waals surface area contributed by atoms with Crippen molar-refractivity contribution in [3.8, 4) is 0 Å². The zero-order valence-corrected chi connectivity index (χ0v) is 9.18. The predicted octanol–water partition coefficient (Wildman–Crippen LogP) is 1.51. The van der Waals surface area contributed by atoms with Gasteiger partial charge in [-0.1, -0.05) is 0 Å². The lowest BCUT2D eigenvalue weighted by molar-refractivity contribution is -0.135. The molecular weight excluding hydrogens is 210 g/mol. The molecule has 0 spiro atoms. The molecule has 0 radical (unpaired) electrons. The molecular formula is C8H15BF3NO2. The maximum absolute atomic E-state index is 12.3. The normalized spacial score (nSPS) is 26.8. The molecule has 0 unspecified atom stereocenters.